The van der Waals surface area contributed by atoms with Crippen molar-refractivity contribution in [2.45, 2.75) is 4.90 Å². The summed E-state index contributed by atoms with van der Waals surface area (Å²) in [5.41, 5.74) is 1.00. The molecule has 0 unspecified atom stereocenters. The highest BCUT2D eigenvalue weighted by atomic mass is 32.2. The third-order valence-corrected chi connectivity index (χ3v) is 4.51. The first-order valence-corrected chi connectivity index (χ1v) is 7.91. The summed E-state index contributed by atoms with van der Waals surface area (Å²) in [5, 5.41) is 0. The van der Waals surface area contributed by atoms with Crippen molar-refractivity contribution in [1.29, 1.82) is 0 Å². The van der Waals surface area contributed by atoms with E-state index < -0.39 is 0 Å². The number of imide groups is 1. The molecule has 2 aromatic carbocycles. The van der Waals surface area contributed by atoms with E-state index in [1.165, 1.54) is 4.90 Å². The molecule has 0 radical (unpaired) electrons. The summed E-state index contributed by atoms with van der Waals surface area (Å²) >= 11 is 1.61. The summed E-state index contributed by atoms with van der Waals surface area (Å²) in [6.07, 6.45) is 0. The Morgan fingerprint density at radius 2 is 1.55 bits per heavy atom. The number of carbonyl (C=O) groups excluding carboxylic acids is 2. The van der Waals surface area contributed by atoms with Crippen molar-refractivity contribution >= 4 is 23.6 Å². The standard InChI is InChI=1S/C17H15NO3S/c1-21-12-6-8-13(9-7-12)22-11-10-18-16(19)14-4-2-3-5-15(14)17(18)20/h2-9H,10-11H2,1H3. The fraction of sp³-hybridized carbons (Fsp3) is 0.176. The van der Waals surface area contributed by atoms with Gasteiger partial charge in [0.05, 0.1) is 18.2 Å². The molecule has 0 N–H and O–H groups in total. The van der Waals surface area contributed by atoms with Crippen LogP contribution in [0.25, 0.3) is 0 Å². The van der Waals surface area contributed by atoms with Gasteiger partial charge in [0.25, 0.3) is 11.8 Å². The molecule has 0 saturated carbocycles. The second-order valence-corrected chi connectivity index (χ2v) is 6.00. The maximum Gasteiger partial charge on any atom is 0.261 e. The Labute approximate surface area is 133 Å². The third-order valence-electron chi connectivity index (χ3n) is 3.52. The zero-order valence-corrected chi connectivity index (χ0v) is 12.9. The van der Waals surface area contributed by atoms with Crippen LogP contribution in [0.3, 0.4) is 0 Å². The van der Waals surface area contributed by atoms with Gasteiger partial charge in [-0.15, -0.1) is 11.8 Å². The first kappa shape index (κ1) is 14.7. The lowest BCUT2D eigenvalue weighted by Gasteiger charge is -2.13. The van der Waals surface area contributed by atoms with Gasteiger partial charge in [-0.25, -0.2) is 0 Å². The largest absolute Gasteiger partial charge is 0.497 e. The van der Waals surface area contributed by atoms with Crippen molar-refractivity contribution in [1.82, 2.24) is 4.90 Å². The molecule has 0 spiro atoms. The van der Waals surface area contributed by atoms with Gasteiger partial charge < -0.3 is 4.74 Å². The summed E-state index contributed by atoms with van der Waals surface area (Å²) < 4.78 is 5.11. The van der Waals surface area contributed by atoms with Crippen molar-refractivity contribution in [2.75, 3.05) is 19.4 Å². The Kier molecular flexibility index (Phi) is 4.15. The Hall–Kier alpha value is -2.27. The average molecular weight is 313 g/mol. The van der Waals surface area contributed by atoms with Crippen molar-refractivity contribution in [3.63, 3.8) is 0 Å². The van der Waals surface area contributed by atoms with E-state index in [-0.39, 0.29) is 11.8 Å². The molecule has 0 aromatic heterocycles. The smallest absolute Gasteiger partial charge is 0.261 e. The number of nitrogens with zero attached hydrogens (tertiary/aromatic N) is 1. The van der Waals surface area contributed by atoms with E-state index in [9.17, 15) is 9.59 Å². The number of ether oxygens (including phenoxy) is 1. The Morgan fingerprint density at radius 1 is 0.955 bits per heavy atom. The number of amides is 2. The Bertz CT molecular complexity index is 677. The molecule has 0 fully saturated rings. The molecule has 0 saturated heterocycles. The molecule has 3 rings (SSSR count). The van der Waals surface area contributed by atoms with Crippen LogP contribution >= 0.6 is 11.8 Å². The number of carbonyl (C=O) groups is 2. The lowest BCUT2D eigenvalue weighted by molar-refractivity contribution is 0.0664. The van der Waals surface area contributed by atoms with Gasteiger partial charge >= 0.3 is 0 Å². The molecule has 1 heterocycles. The summed E-state index contributed by atoms with van der Waals surface area (Å²) in [6, 6.07) is 14.7. The highest BCUT2D eigenvalue weighted by molar-refractivity contribution is 7.99. The van der Waals surface area contributed by atoms with Crippen molar-refractivity contribution in [2.24, 2.45) is 0 Å². The van der Waals surface area contributed by atoms with Crippen LogP contribution in [-0.4, -0.2) is 36.1 Å². The van der Waals surface area contributed by atoms with Crippen molar-refractivity contribution in [3.05, 3.63) is 59.7 Å². The number of fused-ring (bicyclic) bond motifs is 1. The van der Waals surface area contributed by atoms with Crippen LogP contribution in [0.2, 0.25) is 0 Å². The van der Waals surface area contributed by atoms with Crippen LogP contribution in [0.15, 0.2) is 53.4 Å². The minimum absolute atomic E-state index is 0.198. The fourth-order valence-corrected chi connectivity index (χ4v) is 3.21. The van der Waals surface area contributed by atoms with Crippen molar-refractivity contribution in [3.8, 4) is 5.75 Å². The first-order valence-electron chi connectivity index (χ1n) is 6.93. The second kappa shape index (κ2) is 6.23. The molecular weight excluding hydrogens is 298 g/mol. The summed E-state index contributed by atoms with van der Waals surface area (Å²) in [4.78, 5) is 26.8. The van der Waals surface area contributed by atoms with Crippen LogP contribution < -0.4 is 4.74 Å². The quantitative estimate of drug-likeness (QED) is 0.628. The fourth-order valence-electron chi connectivity index (χ4n) is 2.37. The molecule has 2 aromatic rings. The number of methoxy groups -OCH3 is 1. The van der Waals surface area contributed by atoms with Gasteiger partial charge in [-0.05, 0) is 36.4 Å². The molecular formula is C17H15NO3S. The SMILES string of the molecule is COc1ccc(SCCN2C(=O)c3ccccc3C2=O)cc1. The van der Waals surface area contributed by atoms with Crippen LogP contribution in [0.4, 0.5) is 0 Å². The molecule has 0 atom stereocenters. The normalized spacial score (nSPS) is 13.4. The van der Waals surface area contributed by atoms with E-state index >= 15 is 0 Å². The van der Waals surface area contributed by atoms with Gasteiger partial charge in [-0.1, -0.05) is 12.1 Å². The molecule has 22 heavy (non-hydrogen) atoms. The minimum Gasteiger partial charge on any atom is -0.497 e. The van der Waals surface area contributed by atoms with Gasteiger partial charge in [0, 0.05) is 17.2 Å². The van der Waals surface area contributed by atoms with E-state index in [1.54, 1.807) is 43.1 Å². The molecule has 1 aliphatic heterocycles. The number of benzene rings is 2. The highest BCUT2D eigenvalue weighted by Gasteiger charge is 2.34. The van der Waals surface area contributed by atoms with Gasteiger partial charge in [0.1, 0.15) is 5.75 Å². The third kappa shape index (κ3) is 2.72. The maximum absolute atomic E-state index is 12.2. The molecule has 2 amide bonds. The second-order valence-electron chi connectivity index (χ2n) is 4.83. The molecule has 1 aliphatic rings. The van der Waals surface area contributed by atoms with Crippen molar-refractivity contribution < 1.29 is 14.3 Å². The zero-order valence-electron chi connectivity index (χ0n) is 12.1. The summed E-state index contributed by atoms with van der Waals surface area (Å²) in [6.45, 7) is 0.406. The summed E-state index contributed by atoms with van der Waals surface area (Å²) in [5.74, 6) is 1.08. The Balaban J connectivity index is 1.60. The van der Waals surface area contributed by atoms with Crippen LogP contribution in [-0.2, 0) is 0 Å². The van der Waals surface area contributed by atoms with E-state index in [2.05, 4.69) is 0 Å². The van der Waals surface area contributed by atoms with Crippen LogP contribution in [0, 0.1) is 0 Å². The monoisotopic (exact) mass is 313 g/mol. The van der Waals surface area contributed by atoms with Gasteiger partial charge in [-0.3, -0.25) is 14.5 Å². The average Bonchev–Trinajstić information content (AvgIpc) is 2.81. The predicted octanol–water partition coefficient (Wildman–Crippen LogP) is 3.08. The Morgan fingerprint density at radius 3 is 2.09 bits per heavy atom. The number of rotatable bonds is 5. The predicted molar refractivity (Wildman–Crippen MR) is 85.5 cm³/mol. The van der Waals surface area contributed by atoms with Gasteiger partial charge in [0.15, 0.2) is 0 Å². The molecule has 0 bridgehead atoms. The lowest BCUT2D eigenvalue weighted by atomic mass is 10.1. The number of hydrogen-bond acceptors (Lipinski definition) is 4. The molecule has 0 aliphatic carbocycles. The minimum atomic E-state index is -0.198. The van der Waals surface area contributed by atoms with Gasteiger partial charge in [-0.2, -0.15) is 0 Å². The van der Waals surface area contributed by atoms with E-state index in [4.69, 9.17) is 4.74 Å². The first-order chi connectivity index (χ1) is 10.7. The summed E-state index contributed by atoms with van der Waals surface area (Å²) in [7, 11) is 1.63. The molecule has 4 nitrogen and oxygen atoms in total. The van der Waals surface area contributed by atoms with E-state index in [1.807, 2.05) is 24.3 Å². The van der Waals surface area contributed by atoms with E-state index in [0.717, 1.165) is 10.6 Å². The highest BCUT2D eigenvalue weighted by Crippen LogP contribution is 2.25. The van der Waals surface area contributed by atoms with E-state index in [0.29, 0.717) is 23.4 Å². The molecule has 112 valence electrons. The molecule has 5 heteroatoms. The number of hydrogen-bond donors (Lipinski definition) is 0. The zero-order chi connectivity index (χ0) is 15.5. The topological polar surface area (TPSA) is 46.6 Å². The van der Waals surface area contributed by atoms with Crippen LogP contribution in [0.1, 0.15) is 20.7 Å². The maximum atomic E-state index is 12.2. The van der Waals surface area contributed by atoms with Gasteiger partial charge in [0.2, 0.25) is 0 Å². The lowest BCUT2D eigenvalue weighted by Crippen LogP contribution is -2.31. The number of thioether (sulfide) groups is 1. The van der Waals surface area contributed by atoms with Crippen LogP contribution in [0.5, 0.6) is 5.75 Å².